The van der Waals surface area contributed by atoms with Gasteiger partial charge in [0.15, 0.2) is 11.5 Å². The van der Waals surface area contributed by atoms with E-state index < -0.39 is 5.97 Å². The van der Waals surface area contributed by atoms with Crippen LogP contribution in [0.15, 0.2) is 54.9 Å². The Kier molecular flexibility index (Phi) is 6.87. The Balaban J connectivity index is 1.85. The zero-order valence-electron chi connectivity index (χ0n) is 16.2. The van der Waals surface area contributed by atoms with E-state index in [0.29, 0.717) is 24.8 Å². The number of anilines is 1. The molecule has 0 aliphatic carbocycles. The molecule has 7 heteroatoms. The Bertz CT molecular complexity index is 1030. The number of rotatable bonds is 6. The molecule has 0 spiro atoms. The van der Waals surface area contributed by atoms with Gasteiger partial charge in [-0.1, -0.05) is 11.8 Å². The minimum Gasteiger partial charge on any atom is -0.464 e. The quantitative estimate of drug-likeness (QED) is 0.395. The van der Waals surface area contributed by atoms with Crippen molar-refractivity contribution < 1.29 is 14.3 Å². The standard InChI is InChI=1S/C22H20N4O3/c1-28-13-12-24-20-14-19(22(27)29-2)25-21(26-20)18-9-7-16(8-10-18)5-6-17-4-3-11-23-15-17/h3-4,7-11,14-15H,12-13H2,1-2H3,(H,24,25,26). The van der Waals surface area contributed by atoms with Crippen LogP contribution in [0.25, 0.3) is 11.4 Å². The van der Waals surface area contributed by atoms with Crippen molar-refractivity contribution >= 4 is 11.8 Å². The summed E-state index contributed by atoms with van der Waals surface area (Å²) in [5, 5.41) is 3.11. The van der Waals surface area contributed by atoms with Crippen molar-refractivity contribution in [1.29, 1.82) is 0 Å². The van der Waals surface area contributed by atoms with Gasteiger partial charge in [-0.3, -0.25) is 4.98 Å². The highest BCUT2D eigenvalue weighted by molar-refractivity contribution is 5.88. The minimum atomic E-state index is -0.526. The van der Waals surface area contributed by atoms with Gasteiger partial charge in [0.1, 0.15) is 5.82 Å². The fraction of sp³-hybridized carbons (Fsp3) is 0.182. The lowest BCUT2D eigenvalue weighted by atomic mass is 10.1. The number of carbonyl (C=O) groups is 1. The number of pyridine rings is 1. The van der Waals surface area contributed by atoms with E-state index in [0.717, 1.165) is 16.7 Å². The Labute approximate surface area is 169 Å². The Hall–Kier alpha value is -3.76. The Morgan fingerprint density at radius 3 is 2.55 bits per heavy atom. The number of esters is 1. The van der Waals surface area contributed by atoms with Crippen LogP contribution in [0.1, 0.15) is 21.6 Å². The summed E-state index contributed by atoms with van der Waals surface area (Å²) in [7, 11) is 2.93. The van der Waals surface area contributed by atoms with Gasteiger partial charge in [0, 0.05) is 48.8 Å². The lowest BCUT2D eigenvalue weighted by molar-refractivity contribution is 0.0594. The van der Waals surface area contributed by atoms with Gasteiger partial charge >= 0.3 is 5.97 Å². The van der Waals surface area contributed by atoms with Crippen molar-refractivity contribution in [1.82, 2.24) is 15.0 Å². The van der Waals surface area contributed by atoms with Crippen molar-refractivity contribution in [3.8, 4) is 23.2 Å². The summed E-state index contributed by atoms with van der Waals surface area (Å²) < 4.78 is 9.83. The van der Waals surface area contributed by atoms with Crippen molar-refractivity contribution in [3.63, 3.8) is 0 Å². The van der Waals surface area contributed by atoms with E-state index in [-0.39, 0.29) is 5.69 Å². The molecule has 0 saturated carbocycles. The molecule has 0 bridgehead atoms. The van der Waals surface area contributed by atoms with Crippen LogP contribution in [0.2, 0.25) is 0 Å². The summed E-state index contributed by atoms with van der Waals surface area (Å²) in [6.07, 6.45) is 3.42. The number of aromatic nitrogens is 3. The molecule has 0 aliphatic heterocycles. The first kappa shape index (κ1) is 20.0. The third-order valence-electron chi connectivity index (χ3n) is 3.89. The number of methoxy groups -OCH3 is 2. The minimum absolute atomic E-state index is 0.179. The van der Waals surface area contributed by atoms with Crippen LogP contribution in [0.5, 0.6) is 0 Å². The first-order valence-corrected chi connectivity index (χ1v) is 8.92. The van der Waals surface area contributed by atoms with E-state index in [1.54, 1.807) is 25.6 Å². The topological polar surface area (TPSA) is 86.2 Å². The van der Waals surface area contributed by atoms with E-state index >= 15 is 0 Å². The van der Waals surface area contributed by atoms with Gasteiger partial charge in [0.25, 0.3) is 0 Å². The molecule has 2 aromatic heterocycles. The summed E-state index contributed by atoms with van der Waals surface area (Å²) in [6.45, 7) is 1.06. The molecule has 3 rings (SSSR count). The molecule has 0 amide bonds. The maximum absolute atomic E-state index is 12.0. The molecule has 0 radical (unpaired) electrons. The van der Waals surface area contributed by atoms with Crippen LogP contribution >= 0.6 is 0 Å². The van der Waals surface area contributed by atoms with Crippen molar-refractivity contribution in [2.75, 3.05) is 32.7 Å². The first-order chi connectivity index (χ1) is 14.2. The van der Waals surface area contributed by atoms with Gasteiger partial charge in [-0.25, -0.2) is 14.8 Å². The van der Waals surface area contributed by atoms with E-state index in [2.05, 4.69) is 32.1 Å². The fourth-order valence-corrected chi connectivity index (χ4v) is 2.44. The zero-order valence-corrected chi connectivity index (χ0v) is 16.2. The molecule has 0 atom stereocenters. The van der Waals surface area contributed by atoms with Crippen molar-refractivity contribution in [2.24, 2.45) is 0 Å². The number of carbonyl (C=O) groups excluding carboxylic acids is 1. The number of hydrogen-bond donors (Lipinski definition) is 1. The molecular weight excluding hydrogens is 368 g/mol. The molecule has 0 saturated heterocycles. The van der Waals surface area contributed by atoms with Gasteiger partial charge in [-0.15, -0.1) is 0 Å². The fourth-order valence-electron chi connectivity index (χ4n) is 2.44. The second-order valence-electron chi connectivity index (χ2n) is 5.94. The van der Waals surface area contributed by atoms with Crippen molar-refractivity contribution in [2.45, 2.75) is 0 Å². The molecule has 2 heterocycles. The molecule has 0 unspecified atom stereocenters. The van der Waals surface area contributed by atoms with Crippen LogP contribution in [0.4, 0.5) is 5.82 Å². The largest absolute Gasteiger partial charge is 0.464 e. The molecule has 3 aromatic rings. The molecule has 1 N–H and O–H groups in total. The Morgan fingerprint density at radius 1 is 1.07 bits per heavy atom. The third-order valence-corrected chi connectivity index (χ3v) is 3.89. The third kappa shape index (κ3) is 5.61. The highest BCUT2D eigenvalue weighted by atomic mass is 16.5. The summed E-state index contributed by atoms with van der Waals surface area (Å²) >= 11 is 0. The van der Waals surface area contributed by atoms with Crippen LogP contribution in [0.3, 0.4) is 0 Å². The van der Waals surface area contributed by atoms with Gasteiger partial charge in [0.05, 0.1) is 13.7 Å². The van der Waals surface area contributed by atoms with Gasteiger partial charge < -0.3 is 14.8 Å². The molecule has 146 valence electrons. The van der Waals surface area contributed by atoms with Crippen LogP contribution in [-0.2, 0) is 9.47 Å². The molecule has 1 aromatic carbocycles. The van der Waals surface area contributed by atoms with Gasteiger partial charge in [-0.2, -0.15) is 0 Å². The number of nitrogens with one attached hydrogen (secondary N) is 1. The molecule has 29 heavy (non-hydrogen) atoms. The normalized spacial score (nSPS) is 10.0. The molecule has 0 fully saturated rings. The lowest BCUT2D eigenvalue weighted by Crippen LogP contribution is -2.12. The van der Waals surface area contributed by atoms with Crippen molar-refractivity contribution in [3.05, 3.63) is 71.7 Å². The maximum atomic E-state index is 12.0. The SMILES string of the molecule is COCCNc1cc(C(=O)OC)nc(-c2ccc(C#Cc3cccnc3)cc2)n1. The number of hydrogen-bond acceptors (Lipinski definition) is 7. The van der Waals surface area contributed by atoms with E-state index in [9.17, 15) is 4.79 Å². The van der Waals surface area contributed by atoms with Crippen LogP contribution < -0.4 is 5.32 Å². The summed E-state index contributed by atoms with van der Waals surface area (Å²) in [5.41, 5.74) is 2.63. The highest BCUT2D eigenvalue weighted by Crippen LogP contribution is 2.19. The molecule has 0 aliphatic rings. The summed E-state index contributed by atoms with van der Waals surface area (Å²) in [5.74, 6) is 6.57. The number of ether oxygens (including phenoxy) is 2. The number of benzene rings is 1. The predicted octanol–water partition coefficient (Wildman–Crippen LogP) is 2.78. The highest BCUT2D eigenvalue weighted by Gasteiger charge is 2.13. The monoisotopic (exact) mass is 388 g/mol. The second-order valence-corrected chi connectivity index (χ2v) is 5.94. The second kappa shape index (κ2) is 9.97. The summed E-state index contributed by atoms with van der Waals surface area (Å²) in [6, 6.07) is 12.8. The summed E-state index contributed by atoms with van der Waals surface area (Å²) in [4.78, 5) is 24.8. The van der Waals surface area contributed by atoms with Gasteiger partial charge in [0.2, 0.25) is 0 Å². The van der Waals surface area contributed by atoms with E-state index in [4.69, 9.17) is 9.47 Å². The lowest BCUT2D eigenvalue weighted by Gasteiger charge is -2.09. The number of nitrogens with zero attached hydrogens (tertiary/aromatic N) is 3. The molecule has 7 nitrogen and oxygen atoms in total. The zero-order chi connectivity index (χ0) is 20.5. The molecular formula is C22H20N4O3. The van der Waals surface area contributed by atoms with Gasteiger partial charge in [-0.05, 0) is 36.4 Å². The Morgan fingerprint density at radius 2 is 1.86 bits per heavy atom. The predicted molar refractivity (Wildman–Crippen MR) is 109 cm³/mol. The van der Waals surface area contributed by atoms with Crippen LogP contribution in [-0.4, -0.2) is 48.3 Å². The first-order valence-electron chi connectivity index (χ1n) is 8.92. The van der Waals surface area contributed by atoms with E-state index in [1.165, 1.54) is 7.11 Å². The van der Waals surface area contributed by atoms with E-state index in [1.807, 2.05) is 36.4 Å². The average molecular weight is 388 g/mol. The maximum Gasteiger partial charge on any atom is 0.356 e. The average Bonchev–Trinajstić information content (AvgIpc) is 2.78. The van der Waals surface area contributed by atoms with Crippen LogP contribution in [0, 0.1) is 11.8 Å². The smallest absolute Gasteiger partial charge is 0.356 e.